The van der Waals surface area contributed by atoms with Crippen molar-refractivity contribution in [3.05, 3.63) is 0 Å². The summed E-state index contributed by atoms with van der Waals surface area (Å²) in [5.74, 6) is -0.555. The Bertz CT molecular complexity index is 489. The van der Waals surface area contributed by atoms with Gasteiger partial charge in [0.15, 0.2) is 0 Å². The summed E-state index contributed by atoms with van der Waals surface area (Å²) in [6.07, 6.45) is 3.89. The molecule has 6 heteroatoms. The van der Waals surface area contributed by atoms with Gasteiger partial charge >= 0.3 is 12.1 Å². The Balaban J connectivity index is 1.92. The third kappa shape index (κ3) is 3.21. The molecule has 0 saturated heterocycles. The Morgan fingerprint density at radius 1 is 1.39 bits per heavy atom. The van der Waals surface area contributed by atoms with Crippen LogP contribution in [0.15, 0.2) is 0 Å². The highest BCUT2D eigenvalue weighted by Gasteiger charge is 2.62. The number of ether oxygens (including phenoxy) is 1. The van der Waals surface area contributed by atoms with Gasteiger partial charge in [0, 0.05) is 11.8 Å². The van der Waals surface area contributed by atoms with Gasteiger partial charge in [0.2, 0.25) is 0 Å². The van der Waals surface area contributed by atoms with Crippen LogP contribution in [0, 0.1) is 16.7 Å². The fourth-order valence-electron chi connectivity index (χ4n) is 4.28. The lowest BCUT2D eigenvalue weighted by molar-refractivity contribution is -0.139. The van der Waals surface area contributed by atoms with Gasteiger partial charge < -0.3 is 20.0 Å². The lowest BCUT2D eigenvalue weighted by atomic mass is 9.70. The molecular formula is C17H27NO5. The molecule has 2 fully saturated rings. The third-order valence-electron chi connectivity index (χ3n) is 6.37. The number of nitrogens with one attached hydrogen (secondary N) is 1. The molecular weight excluding hydrogens is 298 g/mol. The van der Waals surface area contributed by atoms with E-state index < -0.39 is 18.1 Å². The van der Waals surface area contributed by atoms with Crippen LogP contribution in [0.3, 0.4) is 0 Å². The van der Waals surface area contributed by atoms with E-state index in [-0.39, 0.29) is 29.8 Å². The monoisotopic (exact) mass is 325 g/mol. The predicted octanol–water partition coefficient (Wildman–Crippen LogP) is 2.75. The molecule has 2 aliphatic rings. The zero-order valence-electron chi connectivity index (χ0n) is 14.1. The molecule has 0 aromatic heterocycles. The Morgan fingerprint density at radius 3 is 2.57 bits per heavy atom. The molecule has 2 saturated carbocycles. The first-order valence-corrected chi connectivity index (χ1v) is 8.36. The molecule has 2 bridgehead atoms. The number of hydrogen-bond donors (Lipinski definition) is 2. The van der Waals surface area contributed by atoms with Gasteiger partial charge in [0.1, 0.15) is 18.4 Å². The van der Waals surface area contributed by atoms with E-state index >= 15 is 0 Å². The Labute approximate surface area is 137 Å². The summed E-state index contributed by atoms with van der Waals surface area (Å²) in [4.78, 5) is 33.6. The second-order valence-corrected chi connectivity index (χ2v) is 7.64. The summed E-state index contributed by atoms with van der Waals surface area (Å²) in [5, 5.41) is 11.6. The Hall–Kier alpha value is -1.59. The van der Waals surface area contributed by atoms with Crippen LogP contribution >= 0.6 is 0 Å². The van der Waals surface area contributed by atoms with Crippen LogP contribution in [-0.2, 0) is 14.3 Å². The van der Waals surface area contributed by atoms with Gasteiger partial charge in [-0.1, -0.05) is 20.8 Å². The van der Waals surface area contributed by atoms with Crippen molar-refractivity contribution in [1.29, 1.82) is 0 Å². The molecule has 130 valence electrons. The minimum atomic E-state index is -1.10. The lowest BCUT2D eigenvalue weighted by Gasteiger charge is -2.38. The van der Waals surface area contributed by atoms with Crippen LogP contribution in [-0.4, -0.2) is 35.6 Å². The number of fused-ring (bicyclic) bond motifs is 2. The maximum atomic E-state index is 12.1. The smallest absolute Gasteiger partial charge is 0.408 e. The molecule has 0 aliphatic heterocycles. The topological polar surface area (TPSA) is 92.7 Å². The van der Waals surface area contributed by atoms with Crippen molar-refractivity contribution < 1.29 is 24.2 Å². The quantitative estimate of drug-likeness (QED) is 0.554. The highest BCUT2D eigenvalue weighted by Crippen LogP contribution is 2.66. The van der Waals surface area contributed by atoms with E-state index in [1.54, 1.807) is 0 Å². The summed E-state index contributed by atoms with van der Waals surface area (Å²) in [6, 6.07) is -1.01. The summed E-state index contributed by atoms with van der Waals surface area (Å²) in [6.45, 7) is 6.62. The summed E-state index contributed by atoms with van der Waals surface area (Å²) < 4.78 is 5.59. The van der Waals surface area contributed by atoms with E-state index in [0.29, 0.717) is 12.3 Å². The molecule has 0 heterocycles. The predicted molar refractivity (Wildman–Crippen MR) is 84.0 cm³/mol. The van der Waals surface area contributed by atoms with Crippen LogP contribution in [0.2, 0.25) is 0 Å². The maximum absolute atomic E-state index is 12.1. The molecule has 0 spiro atoms. The van der Waals surface area contributed by atoms with Gasteiger partial charge in [-0.25, -0.2) is 9.59 Å². The fraction of sp³-hybridized carbons (Fsp3) is 0.824. The van der Waals surface area contributed by atoms with Gasteiger partial charge in [0.05, 0.1) is 0 Å². The first-order valence-electron chi connectivity index (χ1n) is 8.36. The number of carboxylic acid groups (broad SMARTS) is 1. The maximum Gasteiger partial charge on any atom is 0.408 e. The zero-order valence-corrected chi connectivity index (χ0v) is 14.1. The molecule has 0 aromatic carbocycles. The van der Waals surface area contributed by atoms with E-state index in [1.807, 2.05) is 0 Å². The fourth-order valence-corrected chi connectivity index (χ4v) is 4.28. The van der Waals surface area contributed by atoms with Crippen molar-refractivity contribution in [1.82, 2.24) is 5.32 Å². The lowest BCUT2D eigenvalue weighted by Crippen LogP contribution is -2.45. The molecule has 2 rings (SSSR count). The van der Waals surface area contributed by atoms with Gasteiger partial charge in [-0.15, -0.1) is 0 Å². The normalized spacial score (nSPS) is 32.3. The largest absolute Gasteiger partial charge is 0.480 e. The summed E-state index contributed by atoms with van der Waals surface area (Å²) in [5.41, 5.74) is 0.0827. The molecule has 2 aliphatic carbocycles. The van der Waals surface area contributed by atoms with E-state index in [1.165, 1.54) is 0 Å². The Kier molecular flexibility index (Phi) is 5.01. The minimum Gasteiger partial charge on any atom is -0.480 e. The van der Waals surface area contributed by atoms with Crippen LogP contribution in [0.5, 0.6) is 0 Å². The van der Waals surface area contributed by atoms with Crippen molar-refractivity contribution in [3.8, 4) is 0 Å². The average molecular weight is 325 g/mol. The zero-order chi connectivity index (χ0) is 17.3. The van der Waals surface area contributed by atoms with Crippen LogP contribution in [0.1, 0.15) is 59.3 Å². The van der Waals surface area contributed by atoms with Crippen molar-refractivity contribution in [2.45, 2.75) is 71.4 Å². The Morgan fingerprint density at radius 2 is 2.09 bits per heavy atom. The number of rotatable bonds is 7. The molecule has 2 N–H and O–H groups in total. The number of aliphatic carboxylic acids is 1. The highest BCUT2D eigenvalue weighted by molar-refractivity contribution is 5.80. The standard InChI is InChI=1S/C17H27NO5/c1-16(2)11-7-8-17(16,3)13(10-11)23-15(22)18-12(14(20)21)6-4-5-9-19/h9,11-13H,4-8,10H2,1-3H3,(H,18,22)(H,20,21). The van der Waals surface area contributed by atoms with E-state index in [0.717, 1.165) is 25.5 Å². The SMILES string of the molecule is CC1(C)C2CCC1(C)C(OC(=O)NC(CCCC=O)C(=O)O)C2. The number of aldehydes is 1. The first-order chi connectivity index (χ1) is 10.7. The van der Waals surface area contributed by atoms with Gasteiger partial charge in [-0.05, 0) is 43.4 Å². The molecule has 0 radical (unpaired) electrons. The minimum absolute atomic E-state index is 0.0504. The number of unbranched alkanes of at least 4 members (excludes halogenated alkanes) is 1. The van der Waals surface area contributed by atoms with E-state index in [2.05, 4.69) is 26.1 Å². The van der Waals surface area contributed by atoms with Crippen molar-refractivity contribution in [2.75, 3.05) is 0 Å². The van der Waals surface area contributed by atoms with Gasteiger partial charge in [-0.2, -0.15) is 0 Å². The number of hydrogen-bond acceptors (Lipinski definition) is 4. The van der Waals surface area contributed by atoms with Crippen molar-refractivity contribution >= 4 is 18.3 Å². The number of carbonyl (C=O) groups is 3. The number of carbonyl (C=O) groups excluding carboxylic acids is 2. The van der Waals surface area contributed by atoms with Gasteiger partial charge in [-0.3, -0.25) is 0 Å². The molecule has 6 nitrogen and oxygen atoms in total. The van der Waals surface area contributed by atoms with Crippen LogP contribution in [0.25, 0.3) is 0 Å². The first kappa shape index (κ1) is 17.8. The van der Waals surface area contributed by atoms with Crippen molar-refractivity contribution in [3.63, 3.8) is 0 Å². The summed E-state index contributed by atoms with van der Waals surface area (Å²) in [7, 11) is 0. The van der Waals surface area contributed by atoms with E-state index in [4.69, 9.17) is 9.84 Å². The molecule has 4 atom stereocenters. The van der Waals surface area contributed by atoms with Crippen LogP contribution < -0.4 is 5.32 Å². The summed E-state index contributed by atoms with van der Waals surface area (Å²) >= 11 is 0. The number of amides is 1. The molecule has 23 heavy (non-hydrogen) atoms. The molecule has 1 amide bonds. The number of alkyl carbamates (subject to hydrolysis) is 1. The van der Waals surface area contributed by atoms with Crippen LogP contribution in [0.4, 0.5) is 4.79 Å². The third-order valence-corrected chi connectivity index (χ3v) is 6.37. The van der Waals surface area contributed by atoms with Gasteiger partial charge in [0.25, 0.3) is 0 Å². The highest BCUT2D eigenvalue weighted by atomic mass is 16.6. The molecule has 4 unspecified atom stereocenters. The average Bonchev–Trinajstić information content (AvgIpc) is 2.79. The second kappa shape index (κ2) is 6.49. The van der Waals surface area contributed by atoms with E-state index in [9.17, 15) is 14.4 Å². The molecule has 0 aromatic rings. The van der Waals surface area contributed by atoms with Crippen molar-refractivity contribution in [2.24, 2.45) is 16.7 Å². The number of carboxylic acids is 1. The second-order valence-electron chi connectivity index (χ2n) is 7.64.